The van der Waals surface area contributed by atoms with Gasteiger partial charge in [0.2, 0.25) is 5.91 Å². The highest BCUT2D eigenvalue weighted by Gasteiger charge is 2.38. The van der Waals surface area contributed by atoms with Crippen molar-refractivity contribution in [1.29, 1.82) is 0 Å². The van der Waals surface area contributed by atoms with E-state index in [0.717, 1.165) is 6.42 Å². The van der Waals surface area contributed by atoms with E-state index in [2.05, 4.69) is 10.1 Å². The second-order valence-corrected chi connectivity index (χ2v) is 5.90. The molecule has 0 aromatic carbocycles. The molecule has 7 nitrogen and oxygen atoms in total. The van der Waals surface area contributed by atoms with E-state index in [1.165, 1.54) is 0 Å². The summed E-state index contributed by atoms with van der Waals surface area (Å²) in [6.07, 6.45) is 7.63. The summed E-state index contributed by atoms with van der Waals surface area (Å²) in [6, 6.07) is 5.12. The lowest BCUT2D eigenvalue weighted by Gasteiger charge is -2.27. The minimum atomic E-state index is -0.350. The van der Waals surface area contributed by atoms with Gasteiger partial charge < -0.3 is 14.4 Å². The summed E-state index contributed by atoms with van der Waals surface area (Å²) in [5, 5.41) is 4.16. The van der Waals surface area contributed by atoms with Crippen molar-refractivity contribution >= 4 is 5.91 Å². The molecule has 1 aliphatic heterocycles. The van der Waals surface area contributed by atoms with E-state index in [9.17, 15) is 4.79 Å². The SMILES string of the molecule is CO[C@@H]1C[C@H](COc2cccnc2)N(C(=O)C(C)n2cccn2)C1. The zero-order valence-electron chi connectivity index (χ0n) is 13.9. The first-order valence-corrected chi connectivity index (χ1v) is 8.04. The lowest BCUT2D eigenvalue weighted by molar-refractivity contribution is -0.136. The van der Waals surface area contributed by atoms with Gasteiger partial charge >= 0.3 is 0 Å². The average molecular weight is 330 g/mol. The Bertz CT molecular complexity index is 647. The number of methoxy groups -OCH3 is 1. The predicted molar refractivity (Wildman–Crippen MR) is 87.6 cm³/mol. The van der Waals surface area contributed by atoms with Crippen molar-refractivity contribution in [3.63, 3.8) is 0 Å². The van der Waals surface area contributed by atoms with E-state index in [-0.39, 0.29) is 24.1 Å². The van der Waals surface area contributed by atoms with Gasteiger partial charge in [-0.3, -0.25) is 14.5 Å². The maximum Gasteiger partial charge on any atom is 0.247 e. The smallest absolute Gasteiger partial charge is 0.247 e. The Balaban J connectivity index is 1.68. The second-order valence-electron chi connectivity index (χ2n) is 5.90. The molecule has 0 N–H and O–H groups in total. The number of amides is 1. The molecule has 1 aliphatic rings. The first-order valence-electron chi connectivity index (χ1n) is 8.04. The Kier molecular flexibility index (Phi) is 5.10. The predicted octanol–water partition coefficient (Wildman–Crippen LogP) is 1.53. The highest BCUT2D eigenvalue weighted by Crippen LogP contribution is 2.24. The molecule has 2 aromatic heterocycles. The fourth-order valence-corrected chi connectivity index (χ4v) is 2.96. The molecule has 3 heterocycles. The number of carbonyl (C=O) groups is 1. The standard InChI is InChI=1S/C17H22N4O3/c1-13(21-8-4-7-19-21)17(22)20-11-16(23-2)9-14(20)12-24-15-5-3-6-18-10-15/h3-8,10,13-14,16H,9,11-12H2,1-2H3/t13?,14-,16-/m1/s1. The Hall–Kier alpha value is -2.41. The van der Waals surface area contributed by atoms with Crippen LogP contribution in [0.5, 0.6) is 5.75 Å². The first kappa shape index (κ1) is 16.4. The Labute approximate surface area is 141 Å². The van der Waals surface area contributed by atoms with E-state index in [4.69, 9.17) is 9.47 Å². The topological polar surface area (TPSA) is 69.5 Å². The Morgan fingerprint density at radius 3 is 2.96 bits per heavy atom. The van der Waals surface area contributed by atoms with Crippen LogP contribution in [0.15, 0.2) is 43.0 Å². The summed E-state index contributed by atoms with van der Waals surface area (Å²) < 4.78 is 12.9. The average Bonchev–Trinajstić information content (AvgIpc) is 3.29. The molecule has 7 heteroatoms. The molecule has 0 radical (unpaired) electrons. The van der Waals surface area contributed by atoms with Crippen molar-refractivity contribution < 1.29 is 14.3 Å². The van der Waals surface area contributed by atoms with E-state index in [0.29, 0.717) is 18.9 Å². The maximum atomic E-state index is 12.9. The molecule has 128 valence electrons. The van der Waals surface area contributed by atoms with Gasteiger partial charge in [-0.15, -0.1) is 0 Å². The minimum absolute atomic E-state index is 0.0260. The molecule has 0 spiro atoms. The third-order valence-corrected chi connectivity index (χ3v) is 4.35. The van der Waals surface area contributed by atoms with Gasteiger partial charge in [0.05, 0.1) is 18.3 Å². The van der Waals surface area contributed by atoms with Crippen molar-refractivity contribution in [3.05, 3.63) is 43.0 Å². The van der Waals surface area contributed by atoms with Crippen LogP contribution >= 0.6 is 0 Å². The van der Waals surface area contributed by atoms with Crippen molar-refractivity contribution in [2.75, 3.05) is 20.3 Å². The quantitative estimate of drug-likeness (QED) is 0.803. The van der Waals surface area contributed by atoms with E-state index in [1.54, 1.807) is 36.6 Å². The highest BCUT2D eigenvalue weighted by atomic mass is 16.5. The number of ether oxygens (including phenoxy) is 2. The highest BCUT2D eigenvalue weighted by molar-refractivity contribution is 5.80. The van der Waals surface area contributed by atoms with Crippen LogP contribution in [-0.4, -0.2) is 58.0 Å². The first-order chi connectivity index (χ1) is 11.7. The maximum absolute atomic E-state index is 12.9. The number of aromatic nitrogens is 3. The number of nitrogens with zero attached hydrogens (tertiary/aromatic N) is 4. The molecule has 3 rings (SSSR count). The number of carbonyl (C=O) groups excluding carboxylic acids is 1. The van der Waals surface area contributed by atoms with Crippen LogP contribution in [0.4, 0.5) is 0 Å². The number of likely N-dealkylation sites (tertiary alicyclic amines) is 1. The van der Waals surface area contributed by atoms with Crippen LogP contribution in [0.2, 0.25) is 0 Å². The van der Waals surface area contributed by atoms with Gasteiger partial charge in [-0.25, -0.2) is 0 Å². The fraction of sp³-hybridized carbons (Fsp3) is 0.471. The normalized spacial score (nSPS) is 21.7. The van der Waals surface area contributed by atoms with Crippen LogP contribution in [0.25, 0.3) is 0 Å². The third-order valence-electron chi connectivity index (χ3n) is 4.35. The van der Waals surface area contributed by atoms with Crippen LogP contribution in [-0.2, 0) is 9.53 Å². The van der Waals surface area contributed by atoms with Gasteiger partial charge in [-0.2, -0.15) is 5.10 Å². The Morgan fingerprint density at radius 1 is 1.42 bits per heavy atom. The van der Waals surface area contributed by atoms with Crippen molar-refractivity contribution in [2.24, 2.45) is 0 Å². The summed E-state index contributed by atoms with van der Waals surface area (Å²) in [5.74, 6) is 0.726. The molecule has 3 atom stereocenters. The van der Waals surface area contributed by atoms with E-state index >= 15 is 0 Å². The molecule has 1 amide bonds. The lowest BCUT2D eigenvalue weighted by atomic mass is 10.2. The molecule has 0 bridgehead atoms. The summed E-state index contributed by atoms with van der Waals surface area (Å²) >= 11 is 0. The van der Waals surface area contributed by atoms with Gasteiger partial charge in [0, 0.05) is 32.2 Å². The van der Waals surface area contributed by atoms with E-state index in [1.807, 2.05) is 30.0 Å². The molecule has 1 fully saturated rings. The van der Waals surface area contributed by atoms with Gasteiger partial charge in [-0.05, 0) is 31.5 Å². The van der Waals surface area contributed by atoms with Crippen LogP contribution in [0, 0.1) is 0 Å². The summed E-state index contributed by atoms with van der Waals surface area (Å²) in [6.45, 7) is 2.85. The van der Waals surface area contributed by atoms with Crippen molar-refractivity contribution in [1.82, 2.24) is 19.7 Å². The largest absolute Gasteiger partial charge is 0.490 e. The monoisotopic (exact) mass is 330 g/mol. The minimum Gasteiger partial charge on any atom is -0.490 e. The van der Waals surface area contributed by atoms with Gasteiger partial charge in [0.25, 0.3) is 0 Å². The number of hydrogen-bond acceptors (Lipinski definition) is 5. The fourth-order valence-electron chi connectivity index (χ4n) is 2.96. The Morgan fingerprint density at radius 2 is 2.29 bits per heavy atom. The van der Waals surface area contributed by atoms with Crippen molar-refractivity contribution in [3.8, 4) is 5.75 Å². The van der Waals surface area contributed by atoms with Gasteiger partial charge in [0.15, 0.2) is 0 Å². The molecule has 0 saturated carbocycles. The van der Waals surface area contributed by atoms with E-state index < -0.39 is 0 Å². The zero-order chi connectivity index (χ0) is 16.9. The molecule has 2 aromatic rings. The van der Waals surface area contributed by atoms with Crippen LogP contribution in [0.1, 0.15) is 19.4 Å². The molecular formula is C17H22N4O3. The molecule has 0 aliphatic carbocycles. The molecule has 1 unspecified atom stereocenters. The summed E-state index contributed by atoms with van der Waals surface area (Å²) in [5.41, 5.74) is 0. The third kappa shape index (κ3) is 3.56. The molecule has 24 heavy (non-hydrogen) atoms. The summed E-state index contributed by atoms with van der Waals surface area (Å²) in [7, 11) is 1.68. The lowest BCUT2D eigenvalue weighted by Crippen LogP contribution is -2.42. The molecular weight excluding hydrogens is 308 g/mol. The van der Waals surface area contributed by atoms with Crippen molar-refractivity contribution in [2.45, 2.75) is 31.5 Å². The van der Waals surface area contributed by atoms with Crippen LogP contribution in [0.3, 0.4) is 0 Å². The molecule has 1 saturated heterocycles. The number of rotatable bonds is 6. The number of hydrogen-bond donors (Lipinski definition) is 0. The summed E-state index contributed by atoms with van der Waals surface area (Å²) in [4.78, 5) is 18.7. The van der Waals surface area contributed by atoms with Gasteiger partial charge in [0.1, 0.15) is 18.4 Å². The second kappa shape index (κ2) is 7.44. The number of pyridine rings is 1. The zero-order valence-corrected chi connectivity index (χ0v) is 13.9. The van der Waals surface area contributed by atoms with Crippen LogP contribution < -0.4 is 4.74 Å². The van der Waals surface area contributed by atoms with Gasteiger partial charge in [-0.1, -0.05) is 0 Å².